The van der Waals surface area contributed by atoms with Crippen LogP contribution in [0.5, 0.6) is 5.75 Å². The number of aliphatic hydroxyl groups excluding tert-OH is 1. The van der Waals surface area contributed by atoms with Crippen LogP contribution in [0, 0.1) is 5.92 Å². The van der Waals surface area contributed by atoms with Crippen LogP contribution in [-0.2, 0) is 24.1 Å². The number of nitrogens with zero attached hydrogens (tertiary/aromatic N) is 1. The van der Waals surface area contributed by atoms with Crippen LogP contribution in [-0.4, -0.2) is 53.3 Å². The van der Waals surface area contributed by atoms with Gasteiger partial charge in [-0.2, -0.15) is 0 Å². The molecule has 0 amide bonds. The zero-order chi connectivity index (χ0) is 23.8. The summed E-state index contributed by atoms with van der Waals surface area (Å²) < 4.78 is 6.06. The summed E-state index contributed by atoms with van der Waals surface area (Å²) in [7, 11) is 1.73. The van der Waals surface area contributed by atoms with E-state index in [1.165, 1.54) is 11.1 Å². The predicted octanol–water partition coefficient (Wildman–Crippen LogP) is 3.44. The number of aromatic nitrogens is 1. The molecule has 3 rings (SSSR count). The quantitative estimate of drug-likeness (QED) is 0.284. The van der Waals surface area contributed by atoms with Crippen molar-refractivity contribution in [2.45, 2.75) is 45.9 Å². The number of fused-ring (bicyclic) bond motifs is 1. The number of rotatable bonds is 13. The van der Waals surface area contributed by atoms with Crippen molar-refractivity contribution >= 4 is 21.6 Å². The Morgan fingerprint density at radius 3 is 2.76 bits per heavy atom. The summed E-state index contributed by atoms with van der Waals surface area (Å²) in [6.45, 7) is 7.56. The van der Waals surface area contributed by atoms with E-state index in [-0.39, 0.29) is 10.6 Å². The Morgan fingerprint density at radius 2 is 2.00 bits per heavy atom. The molecule has 0 fully saturated rings. The van der Waals surface area contributed by atoms with Gasteiger partial charge in [0.1, 0.15) is 17.5 Å². The van der Waals surface area contributed by atoms with Gasteiger partial charge in [-0.3, -0.25) is 15.0 Å². The van der Waals surface area contributed by atoms with Gasteiger partial charge >= 0.3 is 4.87 Å². The first-order valence-corrected chi connectivity index (χ1v) is 12.2. The van der Waals surface area contributed by atoms with Gasteiger partial charge in [0.05, 0.1) is 11.4 Å². The van der Waals surface area contributed by atoms with Crippen LogP contribution in [0.15, 0.2) is 41.2 Å². The first kappa shape index (κ1) is 25.4. The normalized spacial score (nSPS) is 12.8. The third-order valence-electron chi connectivity index (χ3n) is 5.58. The van der Waals surface area contributed by atoms with Crippen molar-refractivity contribution in [2.24, 2.45) is 5.92 Å². The molecule has 2 aromatic carbocycles. The van der Waals surface area contributed by atoms with Crippen molar-refractivity contribution in [2.75, 3.05) is 26.9 Å². The average Bonchev–Trinajstić information content (AvgIpc) is 3.17. The van der Waals surface area contributed by atoms with Crippen LogP contribution in [0.4, 0.5) is 0 Å². The van der Waals surface area contributed by atoms with Crippen molar-refractivity contribution < 1.29 is 14.9 Å². The number of aliphatic hydroxyl groups is 1. The van der Waals surface area contributed by atoms with Crippen molar-refractivity contribution in [3.05, 3.63) is 62.8 Å². The number of aromatic amines is 1. The smallest absolute Gasteiger partial charge is 0.305 e. The van der Waals surface area contributed by atoms with Crippen LogP contribution >= 0.6 is 11.3 Å². The number of hydrogen-bond donors (Lipinski definition) is 4. The minimum atomic E-state index is -0.744. The molecule has 0 bridgehead atoms. The molecule has 0 saturated carbocycles. The second kappa shape index (κ2) is 12.3. The molecule has 1 aromatic heterocycles. The summed E-state index contributed by atoms with van der Waals surface area (Å²) in [6.07, 6.45) is 1.54. The van der Waals surface area contributed by atoms with Crippen LogP contribution in [0.3, 0.4) is 0 Å². The lowest BCUT2D eigenvalue weighted by atomic mass is 10.1. The summed E-state index contributed by atoms with van der Waals surface area (Å²) >= 11 is 1.05. The fraction of sp³-hybridized carbons (Fsp3) is 0.480. The Balaban J connectivity index is 1.52. The number of H-pyrrole nitrogens is 1. The maximum absolute atomic E-state index is 11.7. The maximum Gasteiger partial charge on any atom is 0.305 e. The van der Waals surface area contributed by atoms with Gasteiger partial charge in [0.25, 0.3) is 0 Å². The van der Waals surface area contributed by atoms with Gasteiger partial charge in [-0.1, -0.05) is 55.5 Å². The summed E-state index contributed by atoms with van der Waals surface area (Å²) in [6, 6.07) is 11.8. The number of hydrogen-bond acceptors (Lipinski definition) is 7. The molecule has 7 nitrogen and oxygen atoms in total. The Morgan fingerprint density at radius 1 is 1.21 bits per heavy atom. The molecule has 1 atom stereocenters. The van der Waals surface area contributed by atoms with E-state index in [4.69, 9.17) is 4.74 Å². The monoisotopic (exact) mass is 473 g/mol. The first-order chi connectivity index (χ1) is 15.9. The highest BCUT2D eigenvalue weighted by atomic mass is 32.1. The summed E-state index contributed by atoms with van der Waals surface area (Å²) in [5.74, 6) is 0.703. The molecule has 4 N–H and O–H groups in total. The van der Waals surface area contributed by atoms with E-state index >= 15 is 0 Å². The number of ether oxygens (including phenoxy) is 1. The topological polar surface area (TPSA) is 97.8 Å². The standard InChI is InChI=1S/C25H35N3O4S/c1-17(2)10-12-28(16-32-3)15-19-6-4-5-18(13-19)9-11-26-22(30)14-20-7-8-21(29)23-24(20)33-25(31)27-23/h4-8,13,17,22,26,29-30H,9-12,14-16H2,1-3H3,(H,27,31). The van der Waals surface area contributed by atoms with Gasteiger partial charge in [-0.25, -0.2) is 0 Å². The molecule has 33 heavy (non-hydrogen) atoms. The largest absolute Gasteiger partial charge is 0.506 e. The van der Waals surface area contributed by atoms with Crippen molar-refractivity contribution in [1.82, 2.24) is 15.2 Å². The molecular weight excluding hydrogens is 438 g/mol. The zero-order valence-electron chi connectivity index (χ0n) is 19.6. The minimum Gasteiger partial charge on any atom is -0.506 e. The van der Waals surface area contributed by atoms with Crippen LogP contribution in [0.25, 0.3) is 10.2 Å². The molecule has 0 spiro atoms. The average molecular weight is 474 g/mol. The summed E-state index contributed by atoms with van der Waals surface area (Å²) in [5, 5.41) is 23.6. The Hall–Kier alpha value is -2.23. The molecule has 0 aliphatic carbocycles. The highest BCUT2D eigenvalue weighted by Gasteiger charge is 2.13. The number of methoxy groups -OCH3 is 1. The lowest BCUT2D eigenvalue weighted by Gasteiger charge is -2.22. The van der Waals surface area contributed by atoms with Crippen LogP contribution < -0.4 is 10.2 Å². The van der Waals surface area contributed by atoms with E-state index in [0.717, 1.165) is 42.8 Å². The lowest BCUT2D eigenvalue weighted by Crippen LogP contribution is -2.32. The van der Waals surface area contributed by atoms with Gasteiger partial charge < -0.3 is 19.9 Å². The van der Waals surface area contributed by atoms with Crippen LogP contribution in [0.1, 0.15) is 37.0 Å². The lowest BCUT2D eigenvalue weighted by molar-refractivity contribution is 0.0547. The Labute approximate surface area is 199 Å². The molecule has 0 aliphatic heterocycles. The Bertz CT molecular complexity index is 1080. The predicted molar refractivity (Wildman–Crippen MR) is 134 cm³/mol. The number of thiazole rings is 1. The number of phenols is 1. The third-order valence-corrected chi connectivity index (χ3v) is 6.54. The van der Waals surface area contributed by atoms with E-state index < -0.39 is 6.23 Å². The van der Waals surface area contributed by atoms with Gasteiger partial charge in [-0.05, 0) is 41.5 Å². The second-order valence-corrected chi connectivity index (χ2v) is 9.84. The second-order valence-electron chi connectivity index (χ2n) is 8.86. The number of phenolic OH excluding ortho intramolecular Hbond substituents is 1. The molecule has 3 aromatic rings. The van der Waals surface area contributed by atoms with Gasteiger partial charge in [0, 0.05) is 33.2 Å². The molecule has 1 heterocycles. The fourth-order valence-electron chi connectivity index (χ4n) is 3.85. The summed E-state index contributed by atoms with van der Waals surface area (Å²) in [4.78, 5) is 16.4. The van der Waals surface area contributed by atoms with Crippen molar-refractivity contribution in [3.8, 4) is 5.75 Å². The number of aromatic hydroxyl groups is 1. The zero-order valence-corrected chi connectivity index (χ0v) is 20.5. The molecule has 180 valence electrons. The van der Waals surface area contributed by atoms with Gasteiger partial charge in [0.2, 0.25) is 0 Å². The van der Waals surface area contributed by atoms with E-state index in [1.807, 2.05) is 0 Å². The molecule has 8 heteroatoms. The van der Waals surface area contributed by atoms with E-state index in [1.54, 1.807) is 19.2 Å². The van der Waals surface area contributed by atoms with Crippen molar-refractivity contribution in [1.29, 1.82) is 0 Å². The number of nitrogens with one attached hydrogen (secondary N) is 2. The molecule has 1 unspecified atom stereocenters. The van der Waals surface area contributed by atoms with E-state index in [9.17, 15) is 15.0 Å². The molecule has 0 radical (unpaired) electrons. The molecular formula is C25H35N3O4S. The molecule has 0 aliphatic rings. The molecule has 0 saturated heterocycles. The van der Waals surface area contributed by atoms with Gasteiger partial charge in [0.15, 0.2) is 0 Å². The first-order valence-electron chi connectivity index (χ1n) is 11.4. The van der Waals surface area contributed by atoms with Crippen LogP contribution in [0.2, 0.25) is 0 Å². The highest BCUT2D eigenvalue weighted by Crippen LogP contribution is 2.28. The van der Waals surface area contributed by atoms with E-state index in [0.29, 0.717) is 35.8 Å². The SMILES string of the molecule is COCN(CCC(C)C)Cc1cccc(CCNC(O)Cc2ccc(O)c3[nH]c(=O)sc23)c1. The van der Waals surface area contributed by atoms with Gasteiger partial charge in [-0.15, -0.1) is 0 Å². The van der Waals surface area contributed by atoms with E-state index in [2.05, 4.69) is 53.3 Å². The highest BCUT2D eigenvalue weighted by molar-refractivity contribution is 7.16. The third kappa shape index (κ3) is 7.65. The fourth-order valence-corrected chi connectivity index (χ4v) is 4.73. The maximum atomic E-state index is 11.7. The summed E-state index contributed by atoms with van der Waals surface area (Å²) in [5.41, 5.74) is 3.72. The number of benzene rings is 2. The van der Waals surface area contributed by atoms with Crippen molar-refractivity contribution in [3.63, 3.8) is 0 Å². The Kier molecular flexibility index (Phi) is 9.46. The minimum absolute atomic E-state index is 0.0442.